The zero-order valence-corrected chi connectivity index (χ0v) is 13.7. The molecule has 0 atom stereocenters. The van der Waals surface area contributed by atoms with Gasteiger partial charge in [0.25, 0.3) is 0 Å². The summed E-state index contributed by atoms with van der Waals surface area (Å²) in [4.78, 5) is 11.0. The first-order valence-corrected chi connectivity index (χ1v) is 8.61. The number of rotatable bonds is 5. The maximum absolute atomic E-state index is 4.70. The fourth-order valence-corrected chi connectivity index (χ4v) is 3.21. The van der Waals surface area contributed by atoms with Crippen molar-refractivity contribution in [2.75, 3.05) is 31.5 Å². The Kier molecular flexibility index (Phi) is 4.38. The quantitative estimate of drug-likeness (QED) is 0.782. The zero-order chi connectivity index (χ0) is 16.2. The van der Waals surface area contributed by atoms with Crippen LogP contribution in [0.15, 0.2) is 42.9 Å². The average Bonchev–Trinajstić information content (AvgIpc) is 3.07. The van der Waals surface area contributed by atoms with Crippen molar-refractivity contribution in [2.45, 2.75) is 19.3 Å². The van der Waals surface area contributed by atoms with E-state index < -0.39 is 0 Å². The van der Waals surface area contributed by atoms with E-state index in [1.165, 1.54) is 32.4 Å². The molecule has 1 saturated heterocycles. The van der Waals surface area contributed by atoms with Gasteiger partial charge in [-0.05, 0) is 50.2 Å². The maximum atomic E-state index is 4.70. The molecule has 0 aromatic carbocycles. The summed E-state index contributed by atoms with van der Waals surface area (Å²) in [6.07, 6.45) is 9.46. The Balaban J connectivity index is 1.48. The summed E-state index contributed by atoms with van der Waals surface area (Å²) in [5, 5.41) is 8.14. The lowest BCUT2D eigenvalue weighted by molar-refractivity contribution is 0.237. The fraction of sp³-hybridized carbons (Fsp3) is 0.389. The number of nitrogens with zero attached hydrogens (tertiary/aromatic N) is 5. The third-order valence-corrected chi connectivity index (χ3v) is 4.52. The third kappa shape index (κ3) is 3.23. The first-order valence-electron chi connectivity index (χ1n) is 8.61. The number of aromatic nitrogens is 4. The van der Waals surface area contributed by atoms with Gasteiger partial charge in [-0.25, -0.2) is 9.50 Å². The van der Waals surface area contributed by atoms with E-state index in [0.29, 0.717) is 0 Å². The lowest BCUT2D eigenvalue weighted by Crippen LogP contribution is -2.33. The monoisotopic (exact) mass is 322 g/mol. The summed E-state index contributed by atoms with van der Waals surface area (Å²) < 4.78 is 1.89. The molecule has 1 N–H and O–H groups in total. The van der Waals surface area contributed by atoms with Crippen molar-refractivity contribution >= 4 is 11.5 Å². The van der Waals surface area contributed by atoms with Gasteiger partial charge < -0.3 is 10.2 Å². The van der Waals surface area contributed by atoms with Crippen LogP contribution in [0.4, 0.5) is 5.82 Å². The smallest absolute Gasteiger partial charge is 0.154 e. The number of imidazole rings is 1. The van der Waals surface area contributed by atoms with E-state index in [4.69, 9.17) is 5.10 Å². The zero-order valence-electron chi connectivity index (χ0n) is 13.7. The minimum Gasteiger partial charge on any atom is -0.367 e. The molecule has 0 radical (unpaired) electrons. The molecular formula is C18H22N6. The van der Waals surface area contributed by atoms with Crippen LogP contribution in [-0.2, 0) is 0 Å². The molecule has 1 aliphatic heterocycles. The number of fused-ring (bicyclic) bond motifs is 1. The molecule has 0 spiro atoms. The van der Waals surface area contributed by atoms with Gasteiger partial charge in [0.1, 0.15) is 5.82 Å². The van der Waals surface area contributed by atoms with Crippen LogP contribution in [0, 0.1) is 0 Å². The van der Waals surface area contributed by atoms with Crippen LogP contribution in [0.25, 0.3) is 16.9 Å². The Morgan fingerprint density at radius 1 is 1.00 bits per heavy atom. The van der Waals surface area contributed by atoms with Gasteiger partial charge in [0.2, 0.25) is 0 Å². The van der Waals surface area contributed by atoms with Gasteiger partial charge in [-0.3, -0.25) is 4.98 Å². The van der Waals surface area contributed by atoms with Crippen molar-refractivity contribution in [3.63, 3.8) is 0 Å². The lowest BCUT2D eigenvalue weighted by atomic mass is 10.1. The highest BCUT2D eigenvalue weighted by atomic mass is 15.3. The Morgan fingerprint density at radius 2 is 1.83 bits per heavy atom. The molecule has 24 heavy (non-hydrogen) atoms. The van der Waals surface area contributed by atoms with Crippen LogP contribution < -0.4 is 5.32 Å². The number of piperidine rings is 1. The molecule has 3 aromatic rings. The van der Waals surface area contributed by atoms with Crippen molar-refractivity contribution in [2.24, 2.45) is 0 Å². The van der Waals surface area contributed by atoms with Gasteiger partial charge >= 0.3 is 0 Å². The Morgan fingerprint density at radius 3 is 2.67 bits per heavy atom. The predicted molar refractivity (Wildman–Crippen MR) is 95.0 cm³/mol. The average molecular weight is 322 g/mol. The lowest BCUT2D eigenvalue weighted by Gasteiger charge is -2.26. The van der Waals surface area contributed by atoms with Crippen LogP contribution in [0.3, 0.4) is 0 Å². The van der Waals surface area contributed by atoms with Crippen LogP contribution in [0.2, 0.25) is 0 Å². The summed E-state index contributed by atoms with van der Waals surface area (Å²) in [6, 6.07) is 7.94. The normalized spacial score (nSPS) is 15.7. The highest BCUT2D eigenvalue weighted by Crippen LogP contribution is 2.19. The second-order valence-electron chi connectivity index (χ2n) is 6.20. The highest BCUT2D eigenvalue weighted by molar-refractivity contribution is 5.63. The van der Waals surface area contributed by atoms with Crippen LogP contribution >= 0.6 is 0 Å². The van der Waals surface area contributed by atoms with Gasteiger partial charge in [-0.2, -0.15) is 0 Å². The van der Waals surface area contributed by atoms with Crippen LogP contribution in [0.1, 0.15) is 19.3 Å². The third-order valence-electron chi connectivity index (χ3n) is 4.52. The molecule has 1 fully saturated rings. The molecule has 0 saturated carbocycles. The first kappa shape index (κ1) is 15.1. The number of nitrogens with one attached hydrogen (secondary N) is 1. The molecule has 0 unspecified atom stereocenters. The van der Waals surface area contributed by atoms with Gasteiger partial charge in [-0.15, -0.1) is 5.10 Å². The van der Waals surface area contributed by atoms with Gasteiger partial charge in [0.05, 0.1) is 11.9 Å². The Labute approximate surface area is 141 Å². The molecule has 6 heteroatoms. The van der Waals surface area contributed by atoms with Crippen molar-refractivity contribution < 1.29 is 0 Å². The summed E-state index contributed by atoms with van der Waals surface area (Å²) in [5.41, 5.74) is 2.89. The molecule has 0 aliphatic carbocycles. The number of hydrogen-bond donors (Lipinski definition) is 1. The molecular weight excluding hydrogens is 300 g/mol. The second kappa shape index (κ2) is 6.97. The van der Waals surface area contributed by atoms with Crippen LogP contribution in [-0.4, -0.2) is 50.7 Å². The van der Waals surface area contributed by atoms with E-state index in [1.54, 1.807) is 12.4 Å². The van der Waals surface area contributed by atoms with Crippen LogP contribution in [0.5, 0.6) is 0 Å². The number of pyridine rings is 1. The van der Waals surface area contributed by atoms with E-state index in [0.717, 1.165) is 35.8 Å². The van der Waals surface area contributed by atoms with E-state index in [-0.39, 0.29) is 0 Å². The topological polar surface area (TPSA) is 58.4 Å². The van der Waals surface area contributed by atoms with Gasteiger partial charge in [0, 0.05) is 31.0 Å². The van der Waals surface area contributed by atoms with Crippen molar-refractivity contribution in [3.8, 4) is 11.3 Å². The summed E-state index contributed by atoms with van der Waals surface area (Å²) in [5.74, 6) is 0.882. The molecule has 4 rings (SSSR count). The standard InChI is InChI=1S/C18H22N6/c1-2-11-23(12-3-1)13-10-20-17-4-5-18-21-14-16(24(18)22-17)15-6-8-19-9-7-15/h4-9,14H,1-3,10-13H2,(H,20,22). The van der Waals surface area contributed by atoms with Gasteiger partial charge in [-0.1, -0.05) is 6.42 Å². The molecule has 1 aliphatic rings. The number of hydrogen-bond acceptors (Lipinski definition) is 5. The predicted octanol–water partition coefficient (Wildman–Crippen LogP) is 2.69. The fourth-order valence-electron chi connectivity index (χ4n) is 3.21. The molecule has 0 bridgehead atoms. The second-order valence-corrected chi connectivity index (χ2v) is 6.20. The molecule has 4 heterocycles. The van der Waals surface area contributed by atoms with Gasteiger partial charge in [0.15, 0.2) is 5.65 Å². The number of likely N-dealkylation sites (tertiary alicyclic amines) is 1. The van der Waals surface area contributed by atoms with Crippen molar-refractivity contribution in [3.05, 3.63) is 42.9 Å². The van der Waals surface area contributed by atoms with Crippen molar-refractivity contribution in [1.82, 2.24) is 24.5 Å². The van der Waals surface area contributed by atoms with E-state index >= 15 is 0 Å². The maximum Gasteiger partial charge on any atom is 0.154 e. The molecule has 6 nitrogen and oxygen atoms in total. The minimum absolute atomic E-state index is 0.850. The molecule has 0 amide bonds. The Hall–Kier alpha value is -2.47. The van der Waals surface area contributed by atoms with E-state index in [9.17, 15) is 0 Å². The summed E-state index contributed by atoms with van der Waals surface area (Å²) in [7, 11) is 0. The van der Waals surface area contributed by atoms with E-state index in [1.807, 2.05) is 35.0 Å². The molecule has 124 valence electrons. The summed E-state index contributed by atoms with van der Waals surface area (Å²) >= 11 is 0. The Bertz CT molecular complexity index is 792. The molecule has 3 aromatic heterocycles. The largest absolute Gasteiger partial charge is 0.367 e. The minimum atomic E-state index is 0.850. The number of anilines is 1. The highest BCUT2D eigenvalue weighted by Gasteiger charge is 2.10. The first-order chi connectivity index (χ1) is 11.9. The van der Waals surface area contributed by atoms with Crippen molar-refractivity contribution in [1.29, 1.82) is 0 Å². The van der Waals surface area contributed by atoms with E-state index in [2.05, 4.69) is 20.2 Å². The SMILES string of the molecule is c1cc(-c2cnc3ccc(NCCN4CCCCC4)nn23)ccn1. The summed E-state index contributed by atoms with van der Waals surface area (Å²) in [6.45, 7) is 4.43.